The number of hydrogen-bond donors (Lipinski definition) is 2. The number of nitrogens with zero attached hydrogens (tertiary/aromatic N) is 2. The molecule has 1 aromatic carbocycles. The Morgan fingerprint density at radius 2 is 1.55 bits per heavy atom. The molecule has 0 amide bonds. The second-order valence-electron chi connectivity index (χ2n) is 4.33. The second kappa shape index (κ2) is 7.43. The van der Waals surface area contributed by atoms with Gasteiger partial charge in [-0.1, -0.05) is 13.3 Å². The Kier molecular flexibility index (Phi) is 5.90. The molecule has 0 spiro atoms. The van der Waals surface area contributed by atoms with Gasteiger partial charge in [0.2, 0.25) is 0 Å². The zero-order chi connectivity index (χ0) is 16.9. The summed E-state index contributed by atoms with van der Waals surface area (Å²) >= 11 is 0. The minimum Gasteiger partial charge on any atom is -0.322 e. The van der Waals surface area contributed by atoms with Crippen LogP contribution in [0.4, 0.5) is 17.6 Å². The Balaban J connectivity index is 3.70. The number of nitrogens with two attached hydrogens (primary N) is 1. The van der Waals surface area contributed by atoms with Crippen molar-refractivity contribution in [1.82, 2.24) is 5.43 Å². The van der Waals surface area contributed by atoms with Gasteiger partial charge in [0.05, 0.1) is 11.3 Å². The van der Waals surface area contributed by atoms with Crippen LogP contribution >= 0.6 is 0 Å². The first kappa shape index (κ1) is 17.5. The highest BCUT2D eigenvalue weighted by Crippen LogP contribution is 2.30. The van der Waals surface area contributed by atoms with Gasteiger partial charge in [-0.25, -0.2) is 17.6 Å². The molecule has 0 heterocycles. The summed E-state index contributed by atoms with van der Waals surface area (Å²) in [5, 5.41) is 17.4. The molecule has 1 aromatic rings. The van der Waals surface area contributed by atoms with E-state index in [2.05, 4.69) is 0 Å². The van der Waals surface area contributed by atoms with Gasteiger partial charge in [-0.15, -0.1) is 0 Å². The largest absolute Gasteiger partial charge is 0.322 e. The molecule has 0 aliphatic rings. The molecule has 0 unspecified atom stereocenters. The zero-order valence-electron chi connectivity index (χ0n) is 11.6. The summed E-state index contributed by atoms with van der Waals surface area (Å²) in [6, 6.07) is 2.68. The Hall–Kier alpha value is -2.58. The van der Waals surface area contributed by atoms with Crippen molar-refractivity contribution in [2.24, 2.45) is 5.84 Å². The topological polar surface area (TPSA) is 85.6 Å². The lowest BCUT2D eigenvalue weighted by atomic mass is 10.00. The Morgan fingerprint density at radius 3 is 1.91 bits per heavy atom. The van der Waals surface area contributed by atoms with Crippen LogP contribution in [0.1, 0.15) is 30.9 Å². The molecule has 0 saturated heterocycles. The Labute approximate surface area is 124 Å². The van der Waals surface area contributed by atoms with Gasteiger partial charge in [0, 0.05) is 5.56 Å². The molecule has 0 radical (unpaired) electrons. The minimum absolute atomic E-state index is 0.180. The third kappa shape index (κ3) is 3.02. The van der Waals surface area contributed by atoms with Gasteiger partial charge < -0.3 is 5.43 Å². The molecule has 0 atom stereocenters. The number of hydrogen-bond acceptors (Lipinski definition) is 4. The molecule has 8 heteroatoms. The van der Waals surface area contributed by atoms with E-state index in [-0.39, 0.29) is 6.42 Å². The SMILES string of the molecule is CCCCc1c(F)c(F)c(C(NN)=C(C#N)C#N)c(F)c1F. The molecule has 116 valence electrons. The average molecular weight is 312 g/mol. The van der Waals surface area contributed by atoms with Gasteiger partial charge in [0.1, 0.15) is 12.1 Å². The van der Waals surface area contributed by atoms with Gasteiger partial charge in [-0.05, 0) is 12.8 Å². The van der Waals surface area contributed by atoms with Crippen LogP contribution in [0.15, 0.2) is 5.57 Å². The molecule has 22 heavy (non-hydrogen) atoms. The van der Waals surface area contributed by atoms with E-state index in [0.717, 1.165) is 0 Å². The van der Waals surface area contributed by atoms with E-state index < -0.39 is 45.7 Å². The molecular weight excluding hydrogens is 300 g/mol. The van der Waals surface area contributed by atoms with E-state index in [1.165, 1.54) is 12.1 Å². The van der Waals surface area contributed by atoms with Crippen molar-refractivity contribution in [3.8, 4) is 12.1 Å². The van der Waals surface area contributed by atoms with Crippen LogP contribution in [0.2, 0.25) is 0 Å². The summed E-state index contributed by atoms with van der Waals surface area (Å²) in [6.45, 7) is 1.75. The number of allylic oxidation sites excluding steroid dienone is 1. The first-order valence-corrected chi connectivity index (χ1v) is 6.30. The number of halogens is 4. The lowest BCUT2D eigenvalue weighted by Crippen LogP contribution is -2.24. The van der Waals surface area contributed by atoms with Gasteiger partial charge in [0.25, 0.3) is 0 Å². The first-order valence-electron chi connectivity index (χ1n) is 6.30. The van der Waals surface area contributed by atoms with Crippen molar-refractivity contribution in [3.63, 3.8) is 0 Å². The summed E-state index contributed by atoms with van der Waals surface area (Å²) in [5.41, 5.74) is -1.81. The highest BCUT2D eigenvalue weighted by molar-refractivity contribution is 5.74. The van der Waals surface area contributed by atoms with Crippen LogP contribution in [-0.2, 0) is 6.42 Å². The summed E-state index contributed by atoms with van der Waals surface area (Å²) in [6.07, 6.45) is 0.735. The van der Waals surface area contributed by atoms with Crippen LogP contribution < -0.4 is 11.3 Å². The number of rotatable bonds is 5. The minimum atomic E-state index is -1.71. The smallest absolute Gasteiger partial charge is 0.171 e. The molecule has 1 rings (SSSR count). The standard InChI is InChI=1S/C14H12F4N4/c1-2-3-4-8-10(15)12(17)9(13(18)11(8)16)14(22-21)7(5-19)6-20/h22H,2-4,21H2,1H3. The normalized spacial score (nSPS) is 9.82. The number of benzene rings is 1. The first-order chi connectivity index (χ1) is 10.4. The molecule has 0 fully saturated rings. The predicted molar refractivity (Wildman–Crippen MR) is 70.4 cm³/mol. The van der Waals surface area contributed by atoms with Crippen LogP contribution in [0.3, 0.4) is 0 Å². The lowest BCUT2D eigenvalue weighted by Gasteiger charge is -2.14. The molecule has 0 aliphatic carbocycles. The molecule has 0 saturated carbocycles. The van der Waals surface area contributed by atoms with E-state index in [1.54, 1.807) is 12.3 Å². The number of nitrogens with one attached hydrogen (secondary N) is 1. The van der Waals surface area contributed by atoms with Crippen LogP contribution in [0.25, 0.3) is 5.70 Å². The quantitative estimate of drug-likeness (QED) is 0.288. The van der Waals surface area contributed by atoms with Crippen molar-refractivity contribution in [2.75, 3.05) is 0 Å². The Bertz CT molecular complexity index is 653. The average Bonchev–Trinajstić information content (AvgIpc) is 2.52. The number of hydrazine groups is 1. The van der Waals surface area contributed by atoms with Crippen molar-refractivity contribution in [3.05, 3.63) is 40.0 Å². The van der Waals surface area contributed by atoms with Crippen LogP contribution in [-0.4, -0.2) is 0 Å². The van der Waals surface area contributed by atoms with Crippen molar-refractivity contribution in [1.29, 1.82) is 10.5 Å². The van der Waals surface area contributed by atoms with Crippen molar-refractivity contribution < 1.29 is 17.6 Å². The summed E-state index contributed by atoms with van der Waals surface area (Å²) < 4.78 is 56.1. The van der Waals surface area contributed by atoms with E-state index in [1.807, 2.05) is 0 Å². The van der Waals surface area contributed by atoms with E-state index in [4.69, 9.17) is 16.4 Å². The van der Waals surface area contributed by atoms with Gasteiger partial charge >= 0.3 is 0 Å². The molecule has 3 N–H and O–H groups in total. The fourth-order valence-electron chi connectivity index (χ4n) is 1.88. The van der Waals surface area contributed by atoms with E-state index in [9.17, 15) is 17.6 Å². The van der Waals surface area contributed by atoms with E-state index in [0.29, 0.717) is 12.8 Å². The highest BCUT2D eigenvalue weighted by Gasteiger charge is 2.28. The molecular formula is C14H12F4N4. The molecule has 4 nitrogen and oxygen atoms in total. The maximum Gasteiger partial charge on any atom is 0.171 e. The van der Waals surface area contributed by atoms with Gasteiger partial charge in [-0.3, -0.25) is 5.84 Å². The third-order valence-electron chi connectivity index (χ3n) is 3.00. The zero-order valence-corrected chi connectivity index (χ0v) is 11.6. The Morgan fingerprint density at radius 1 is 1.05 bits per heavy atom. The fourth-order valence-corrected chi connectivity index (χ4v) is 1.88. The van der Waals surface area contributed by atoms with Gasteiger partial charge in [0.15, 0.2) is 28.8 Å². The number of unbranched alkanes of at least 4 members (excludes halogenated alkanes) is 1. The lowest BCUT2D eigenvalue weighted by molar-refractivity contribution is 0.432. The molecule has 0 aromatic heterocycles. The fraction of sp³-hybridized carbons (Fsp3) is 0.286. The van der Waals surface area contributed by atoms with E-state index >= 15 is 0 Å². The highest BCUT2D eigenvalue weighted by atomic mass is 19.2. The maximum atomic E-state index is 14.1. The second-order valence-corrected chi connectivity index (χ2v) is 4.33. The summed E-state index contributed by atoms with van der Waals surface area (Å²) in [5.74, 6) is -1.52. The number of nitriles is 2. The molecule has 0 aliphatic heterocycles. The van der Waals surface area contributed by atoms with Gasteiger partial charge in [-0.2, -0.15) is 10.5 Å². The monoisotopic (exact) mass is 312 g/mol. The van der Waals surface area contributed by atoms with Crippen LogP contribution in [0, 0.1) is 45.9 Å². The van der Waals surface area contributed by atoms with Crippen LogP contribution in [0.5, 0.6) is 0 Å². The third-order valence-corrected chi connectivity index (χ3v) is 3.00. The maximum absolute atomic E-state index is 14.1. The summed E-state index contributed by atoms with van der Waals surface area (Å²) in [7, 11) is 0. The summed E-state index contributed by atoms with van der Waals surface area (Å²) in [4.78, 5) is 0. The predicted octanol–water partition coefficient (Wildman–Crippen LogP) is 2.81. The van der Waals surface area contributed by atoms with Crippen molar-refractivity contribution >= 4 is 5.70 Å². The van der Waals surface area contributed by atoms with Crippen molar-refractivity contribution in [2.45, 2.75) is 26.2 Å². The molecule has 0 bridgehead atoms.